The van der Waals surface area contributed by atoms with E-state index < -0.39 is 0 Å². The van der Waals surface area contributed by atoms with Crippen molar-refractivity contribution >= 4 is 5.69 Å². The lowest BCUT2D eigenvalue weighted by molar-refractivity contribution is 0.301. The Morgan fingerprint density at radius 1 is 1.29 bits per heavy atom. The number of ether oxygens (including phenoxy) is 1. The van der Waals surface area contributed by atoms with E-state index >= 15 is 0 Å². The first-order chi connectivity index (χ1) is 8.22. The van der Waals surface area contributed by atoms with Crippen molar-refractivity contribution in [2.75, 3.05) is 31.7 Å². The van der Waals surface area contributed by atoms with Crippen LogP contribution in [0.1, 0.15) is 25.3 Å². The quantitative estimate of drug-likeness (QED) is 0.791. The van der Waals surface area contributed by atoms with Gasteiger partial charge in [0.05, 0.1) is 13.7 Å². The summed E-state index contributed by atoms with van der Waals surface area (Å²) in [6.07, 6.45) is 2.29. The molecular weight excluding hydrogens is 214 g/mol. The normalized spacial score (nSPS) is 10.4. The molecule has 0 saturated heterocycles. The average Bonchev–Trinajstić information content (AvgIpc) is 2.35. The molecule has 1 aromatic carbocycles. The number of unbranched alkanes of at least 4 members (excludes halogenated alkanes) is 1. The largest absolute Gasteiger partial charge is 0.496 e. The van der Waals surface area contributed by atoms with Crippen LogP contribution in [0.15, 0.2) is 18.2 Å². The number of rotatable bonds is 7. The monoisotopic (exact) mass is 237 g/mol. The molecule has 0 aliphatic carbocycles. The number of hydrogen-bond donors (Lipinski definition) is 1. The van der Waals surface area contributed by atoms with Crippen LogP contribution in [0.25, 0.3) is 0 Å². The van der Waals surface area contributed by atoms with Gasteiger partial charge in [-0.1, -0.05) is 19.4 Å². The summed E-state index contributed by atoms with van der Waals surface area (Å²) in [6.45, 7) is 6.04. The van der Waals surface area contributed by atoms with Crippen molar-refractivity contribution in [2.24, 2.45) is 0 Å². The van der Waals surface area contributed by atoms with Gasteiger partial charge in [-0.25, -0.2) is 0 Å². The SMILES string of the molecule is CCCCN(CCO)c1ccc(C)c(OC)c1. The molecule has 0 heterocycles. The molecule has 1 N–H and O–H groups in total. The van der Waals surface area contributed by atoms with E-state index in [0.717, 1.165) is 36.4 Å². The molecule has 3 heteroatoms. The van der Waals surface area contributed by atoms with Crippen molar-refractivity contribution in [3.05, 3.63) is 23.8 Å². The van der Waals surface area contributed by atoms with Crippen molar-refractivity contribution in [2.45, 2.75) is 26.7 Å². The van der Waals surface area contributed by atoms with Crippen LogP contribution in [0.4, 0.5) is 5.69 Å². The topological polar surface area (TPSA) is 32.7 Å². The van der Waals surface area contributed by atoms with Crippen molar-refractivity contribution in [3.8, 4) is 5.75 Å². The first kappa shape index (κ1) is 13.8. The first-order valence-electron chi connectivity index (χ1n) is 6.23. The Labute approximate surface area is 104 Å². The fourth-order valence-corrected chi connectivity index (χ4v) is 1.85. The fourth-order valence-electron chi connectivity index (χ4n) is 1.85. The highest BCUT2D eigenvalue weighted by Crippen LogP contribution is 2.25. The number of nitrogens with zero attached hydrogens (tertiary/aromatic N) is 1. The summed E-state index contributed by atoms with van der Waals surface area (Å²) in [5, 5.41) is 9.11. The zero-order chi connectivity index (χ0) is 12.7. The molecular formula is C14H23NO2. The lowest BCUT2D eigenvalue weighted by Crippen LogP contribution is -2.27. The second-order valence-corrected chi connectivity index (χ2v) is 4.22. The Morgan fingerprint density at radius 2 is 2.06 bits per heavy atom. The zero-order valence-electron chi connectivity index (χ0n) is 11.1. The van der Waals surface area contributed by atoms with Crippen LogP contribution in [0.5, 0.6) is 5.75 Å². The van der Waals surface area contributed by atoms with Gasteiger partial charge in [0.2, 0.25) is 0 Å². The molecule has 0 spiro atoms. The van der Waals surface area contributed by atoms with Crippen LogP contribution in [0.3, 0.4) is 0 Å². The first-order valence-corrected chi connectivity index (χ1v) is 6.23. The van der Waals surface area contributed by atoms with Crippen molar-refractivity contribution < 1.29 is 9.84 Å². The average molecular weight is 237 g/mol. The van der Waals surface area contributed by atoms with Crippen LogP contribution in [-0.2, 0) is 0 Å². The molecule has 0 unspecified atom stereocenters. The van der Waals surface area contributed by atoms with E-state index in [4.69, 9.17) is 9.84 Å². The molecule has 1 rings (SSSR count). The molecule has 0 amide bonds. The lowest BCUT2D eigenvalue weighted by Gasteiger charge is -2.24. The number of methoxy groups -OCH3 is 1. The summed E-state index contributed by atoms with van der Waals surface area (Å²) < 4.78 is 5.33. The summed E-state index contributed by atoms with van der Waals surface area (Å²) in [6, 6.07) is 6.19. The molecule has 1 aromatic rings. The predicted octanol–water partition coefficient (Wildman–Crippen LogP) is 2.60. The number of anilines is 1. The van der Waals surface area contributed by atoms with Crippen molar-refractivity contribution in [1.29, 1.82) is 0 Å². The maximum atomic E-state index is 9.11. The van der Waals surface area contributed by atoms with Crippen molar-refractivity contribution in [1.82, 2.24) is 0 Å². The molecule has 0 fully saturated rings. The van der Waals surface area contributed by atoms with Gasteiger partial charge in [-0.2, -0.15) is 0 Å². The fraction of sp³-hybridized carbons (Fsp3) is 0.571. The van der Waals surface area contributed by atoms with Gasteiger partial charge in [-0.15, -0.1) is 0 Å². The van der Waals surface area contributed by atoms with E-state index in [1.165, 1.54) is 0 Å². The van der Waals surface area contributed by atoms with E-state index in [9.17, 15) is 0 Å². The van der Waals surface area contributed by atoms with Crippen LogP contribution in [0, 0.1) is 6.92 Å². The molecule has 17 heavy (non-hydrogen) atoms. The number of hydrogen-bond acceptors (Lipinski definition) is 3. The molecule has 0 aliphatic rings. The molecule has 3 nitrogen and oxygen atoms in total. The summed E-state index contributed by atoms with van der Waals surface area (Å²) in [5.74, 6) is 0.905. The maximum Gasteiger partial charge on any atom is 0.123 e. The number of benzene rings is 1. The molecule has 0 bridgehead atoms. The minimum absolute atomic E-state index is 0.180. The van der Waals surface area contributed by atoms with E-state index in [1.54, 1.807) is 7.11 Å². The third-order valence-electron chi connectivity index (χ3n) is 2.91. The molecule has 0 atom stereocenters. The highest BCUT2D eigenvalue weighted by Gasteiger charge is 2.07. The van der Waals surface area contributed by atoms with E-state index in [1.807, 2.05) is 13.0 Å². The van der Waals surface area contributed by atoms with E-state index in [2.05, 4.69) is 24.0 Å². The smallest absolute Gasteiger partial charge is 0.123 e. The highest BCUT2D eigenvalue weighted by molar-refractivity contribution is 5.53. The summed E-state index contributed by atoms with van der Waals surface area (Å²) in [5.41, 5.74) is 2.26. The van der Waals surface area contributed by atoms with Crippen LogP contribution >= 0.6 is 0 Å². The Kier molecular flexibility index (Phi) is 5.84. The highest BCUT2D eigenvalue weighted by atomic mass is 16.5. The second-order valence-electron chi connectivity index (χ2n) is 4.22. The number of aliphatic hydroxyl groups is 1. The van der Waals surface area contributed by atoms with Crippen molar-refractivity contribution in [3.63, 3.8) is 0 Å². The van der Waals surface area contributed by atoms with Gasteiger partial charge >= 0.3 is 0 Å². The molecule has 96 valence electrons. The van der Waals surface area contributed by atoms with Gasteiger partial charge < -0.3 is 14.7 Å². The molecule has 0 aromatic heterocycles. The minimum Gasteiger partial charge on any atom is -0.496 e. The van der Waals surface area contributed by atoms with Gasteiger partial charge in [-0.3, -0.25) is 0 Å². The molecule has 0 radical (unpaired) electrons. The number of aliphatic hydroxyl groups excluding tert-OH is 1. The number of aryl methyl sites for hydroxylation is 1. The Morgan fingerprint density at radius 3 is 2.65 bits per heavy atom. The summed E-state index contributed by atoms with van der Waals surface area (Å²) in [7, 11) is 1.69. The predicted molar refractivity (Wildman–Crippen MR) is 71.9 cm³/mol. The Balaban J connectivity index is 2.85. The van der Waals surface area contributed by atoms with E-state index in [0.29, 0.717) is 6.54 Å². The van der Waals surface area contributed by atoms with Crippen LogP contribution in [0.2, 0.25) is 0 Å². The van der Waals surface area contributed by atoms with Gasteiger partial charge in [0.25, 0.3) is 0 Å². The van der Waals surface area contributed by atoms with E-state index in [-0.39, 0.29) is 6.61 Å². The third kappa shape index (κ3) is 3.93. The third-order valence-corrected chi connectivity index (χ3v) is 2.91. The standard InChI is InChI=1S/C14H23NO2/c1-4-5-8-15(9-10-16)13-7-6-12(2)14(11-13)17-3/h6-7,11,16H,4-5,8-10H2,1-3H3. The molecule has 0 saturated carbocycles. The zero-order valence-corrected chi connectivity index (χ0v) is 11.1. The minimum atomic E-state index is 0.180. The van der Waals surface area contributed by atoms with Crippen LogP contribution in [-0.4, -0.2) is 31.9 Å². The Bertz CT molecular complexity index is 339. The summed E-state index contributed by atoms with van der Waals surface area (Å²) >= 11 is 0. The maximum absolute atomic E-state index is 9.11. The Hall–Kier alpha value is -1.22. The van der Waals surface area contributed by atoms with Gasteiger partial charge in [0, 0.05) is 24.8 Å². The van der Waals surface area contributed by atoms with Gasteiger partial charge in [0.1, 0.15) is 5.75 Å². The van der Waals surface area contributed by atoms with Gasteiger partial charge in [0.15, 0.2) is 0 Å². The molecule has 0 aliphatic heterocycles. The van der Waals surface area contributed by atoms with Crippen LogP contribution < -0.4 is 9.64 Å². The second kappa shape index (κ2) is 7.17. The lowest BCUT2D eigenvalue weighted by atomic mass is 10.2. The van der Waals surface area contributed by atoms with Gasteiger partial charge in [-0.05, 0) is 25.0 Å². The summed E-state index contributed by atoms with van der Waals surface area (Å²) in [4.78, 5) is 2.20.